The Bertz CT molecular complexity index is 902. The first-order valence-corrected chi connectivity index (χ1v) is 13.2. The molecule has 1 unspecified atom stereocenters. The number of carbonyl (C=O) groups excluding carboxylic acids is 3. The summed E-state index contributed by atoms with van der Waals surface area (Å²) in [6, 6.07) is 7.00. The Morgan fingerprint density at radius 1 is 1.09 bits per heavy atom. The van der Waals surface area contributed by atoms with Gasteiger partial charge in [-0.15, -0.1) is 0 Å². The topological polar surface area (TPSA) is 76.2 Å². The Kier molecular flexibility index (Phi) is 7.84. The Morgan fingerprint density at radius 3 is 2.31 bits per heavy atom. The number of hydrogen-bond donors (Lipinski definition) is 0. The Hall–Kier alpha value is -2.41. The number of benzene rings is 1. The average Bonchev–Trinajstić information content (AvgIpc) is 3.27. The molecule has 0 aromatic heterocycles. The third-order valence-corrected chi connectivity index (χ3v) is 7.99. The molecule has 3 amide bonds. The zero-order valence-corrected chi connectivity index (χ0v) is 21.6. The number of ether oxygens (including phenoxy) is 2. The summed E-state index contributed by atoms with van der Waals surface area (Å²) in [6.45, 7) is 9.51. The maximum atomic E-state index is 12.9. The molecule has 0 spiro atoms. The second-order valence-corrected chi connectivity index (χ2v) is 11.2. The molecule has 2 heterocycles. The SMILES string of the molecule is CC(C)[C@@H](CCN1C(=O)c2ccccc2C1=O)CC1CN(C(=O)OCC2CCCCC2)C(C)(C)O1. The van der Waals surface area contributed by atoms with E-state index in [1.54, 1.807) is 29.2 Å². The molecule has 35 heavy (non-hydrogen) atoms. The lowest BCUT2D eigenvalue weighted by Gasteiger charge is -2.30. The minimum absolute atomic E-state index is 0.109. The van der Waals surface area contributed by atoms with Crippen molar-refractivity contribution in [2.45, 2.75) is 84.5 Å². The number of nitrogens with zero attached hydrogens (tertiary/aromatic N) is 2. The summed E-state index contributed by atoms with van der Waals surface area (Å²) in [7, 11) is 0. The zero-order valence-electron chi connectivity index (χ0n) is 21.6. The molecule has 0 radical (unpaired) electrons. The van der Waals surface area contributed by atoms with Crippen LogP contribution >= 0.6 is 0 Å². The molecule has 2 atom stereocenters. The van der Waals surface area contributed by atoms with Gasteiger partial charge in [0.15, 0.2) is 0 Å². The minimum atomic E-state index is -0.724. The predicted octanol–water partition coefficient (Wildman–Crippen LogP) is 5.49. The van der Waals surface area contributed by atoms with Gasteiger partial charge in [-0.3, -0.25) is 19.4 Å². The van der Waals surface area contributed by atoms with Crippen molar-refractivity contribution < 1.29 is 23.9 Å². The van der Waals surface area contributed by atoms with Crippen molar-refractivity contribution >= 4 is 17.9 Å². The minimum Gasteiger partial charge on any atom is -0.449 e. The molecule has 1 aromatic rings. The first kappa shape index (κ1) is 25.7. The summed E-state index contributed by atoms with van der Waals surface area (Å²) in [5.41, 5.74) is 0.252. The van der Waals surface area contributed by atoms with Crippen LogP contribution in [0.5, 0.6) is 0 Å². The predicted molar refractivity (Wildman–Crippen MR) is 133 cm³/mol. The van der Waals surface area contributed by atoms with E-state index in [-0.39, 0.29) is 29.9 Å². The maximum Gasteiger partial charge on any atom is 0.412 e. The van der Waals surface area contributed by atoms with Crippen LogP contribution in [0.4, 0.5) is 4.79 Å². The van der Waals surface area contributed by atoms with Crippen LogP contribution in [-0.4, -0.2) is 59.2 Å². The van der Waals surface area contributed by atoms with Crippen molar-refractivity contribution in [2.75, 3.05) is 19.7 Å². The highest BCUT2D eigenvalue weighted by molar-refractivity contribution is 6.21. The molecule has 0 N–H and O–H groups in total. The second-order valence-electron chi connectivity index (χ2n) is 11.2. The van der Waals surface area contributed by atoms with Gasteiger partial charge in [-0.1, -0.05) is 45.2 Å². The van der Waals surface area contributed by atoms with E-state index in [0.29, 0.717) is 49.1 Å². The van der Waals surface area contributed by atoms with E-state index < -0.39 is 5.72 Å². The molecule has 1 aromatic carbocycles. The van der Waals surface area contributed by atoms with Crippen molar-refractivity contribution in [1.29, 1.82) is 0 Å². The molecule has 2 aliphatic heterocycles. The highest BCUT2D eigenvalue weighted by Crippen LogP contribution is 2.34. The molecule has 192 valence electrons. The summed E-state index contributed by atoms with van der Waals surface area (Å²) < 4.78 is 12.0. The smallest absolute Gasteiger partial charge is 0.412 e. The standard InChI is InChI=1S/C28H40N2O5/c1-19(2)21(14-15-29-25(31)23-12-8-9-13-24(23)26(29)32)16-22-17-30(28(3,4)35-22)27(33)34-18-20-10-6-5-7-11-20/h8-9,12-13,19-22H,5-7,10-11,14-18H2,1-4H3/t21-,22?/m0/s1. The highest BCUT2D eigenvalue weighted by atomic mass is 16.6. The molecule has 7 nitrogen and oxygen atoms in total. The van der Waals surface area contributed by atoms with Crippen LogP contribution in [0.1, 0.15) is 93.4 Å². The third kappa shape index (κ3) is 5.71. The summed E-state index contributed by atoms with van der Waals surface area (Å²) in [4.78, 5) is 41.4. The van der Waals surface area contributed by atoms with Gasteiger partial charge in [0.2, 0.25) is 0 Å². The fraction of sp³-hybridized carbons (Fsp3) is 0.679. The van der Waals surface area contributed by atoms with Gasteiger partial charge >= 0.3 is 6.09 Å². The van der Waals surface area contributed by atoms with Gasteiger partial charge in [-0.2, -0.15) is 0 Å². The van der Waals surface area contributed by atoms with Gasteiger partial charge in [-0.05, 0) is 69.4 Å². The van der Waals surface area contributed by atoms with Crippen LogP contribution < -0.4 is 0 Å². The summed E-state index contributed by atoms with van der Waals surface area (Å²) >= 11 is 0. The maximum absolute atomic E-state index is 12.9. The van der Waals surface area contributed by atoms with E-state index in [1.807, 2.05) is 13.8 Å². The van der Waals surface area contributed by atoms with E-state index in [1.165, 1.54) is 24.2 Å². The lowest BCUT2D eigenvalue weighted by molar-refractivity contribution is -0.0765. The molecule has 1 saturated carbocycles. The Labute approximate surface area is 209 Å². The fourth-order valence-corrected chi connectivity index (χ4v) is 5.77. The van der Waals surface area contributed by atoms with E-state index in [0.717, 1.165) is 19.3 Å². The number of amides is 3. The highest BCUT2D eigenvalue weighted by Gasteiger charge is 2.44. The molecular formula is C28H40N2O5. The van der Waals surface area contributed by atoms with Crippen molar-refractivity contribution in [2.24, 2.45) is 17.8 Å². The van der Waals surface area contributed by atoms with Gasteiger partial charge in [0.1, 0.15) is 5.72 Å². The molecule has 1 aliphatic carbocycles. The largest absolute Gasteiger partial charge is 0.449 e. The monoisotopic (exact) mass is 484 g/mol. The van der Waals surface area contributed by atoms with Crippen LogP contribution in [0, 0.1) is 17.8 Å². The van der Waals surface area contributed by atoms with E-state index in [2.05, 4.69) is 13.8 Å². The fourth-order valence-electron chi connectivity index (χ4n) is 5.77. The number of rotatable bonds is 8. The lowest BCUT2D eigenvalue weighted by atomic mass is 9.87. The number of imide groups is 1. The van der Waals surface area contributed by atoms with E-state index in [9.17, 15) is 14.4 Å². The average molecular weight is 485 g/mol. The van der Waals surface area contributed by atoms with Gasteiger partial charge in [0, 0.05) is 6.54 Å². The normalized spacial score (nSPS) is 23.2. The third-order valence-electron chi connectivity index (χ3n) is 7.99. The molecule has 3 aliphatic rings. The lowest BCUT2D eigenvalue weighted by Crippen LogP contribution is -2.44. The van der Waals surface area contributed by atoms with Gasteiger partial charge in [0.05, 0.1) is 30.4 Å². The van der Waals surface area contributed by atoms with Crippen molar-refractivity contribution in [3.63, 3.8) is 0 Å². The molecule has 2 fully saturated rings. The molecule has 7 heteroatoms. The van der Waals surface area contributed by atoms with Gasteiger partial charge in [-0.25, -0.2) is 4.79 Å². The van der Waals surface area contributed by atoms with Crippen LogP contribution in [0.25, 0.3) is 0 Å². The quantitative estimate of drug-likeness (QED) is 0.456. The molecular weight excluding hydrogens is 444 g/mol. The van der Waals surface area contributed by atoms with Crippen molar-refractivity contribution in [3.05, 3.63) is 35.4 Å². The van der Waals surface area contributed by atoms with Crippen LogP contribution in [-0.2, 0) is 9.47 Å². The number of hydrogen-bond acceptors (Lipinski definition) is 5. The molecule has 1 saturated heterocycles. The van der Waals surface area contributed by atoms with E-state index in [4.69, 9.17) is 9.47 Å². The number of fused-ring (bicyclic) bond motifs is 1. The van der Waals surface area contributed by atoms with Crippen LogP contribution in [0.15, 0.2) is 24.3 Å². The van der Waals surface area contributed by atoms with Crippen LogP contribution in [0.3, 0.4) is 0 Å². The molecule has 0 bridgehead atoms. The summed E-state index contributed by atoms with van der Waals surface area (Å²) in [5.74, 6) is 0.654. The van der Waals surface area contributed by atoms with Gasteiger partial charge < -0.3 is 9.47 Å². The van der Waals surface area contributed by atoms with E-state index >= 15 is 0 Å². The van der Waals surface area contributed by atoms with Crippen LogP contribution in [0.2, 0.25) is 0 Å². The first-order valence-electron chi connectivity index (χ1n) is 13.2. The Morgan fingerprint density at radius 2 is 1.71 bits per heavy atom. The zero-order chi connectivity index (χ0) is 25.2. The summed E-state index contributed by atoms with van der Waals surface area (Å²) in [6.07, 6.45) is 7.06. The summed E-state index contributed by atoms with van der Waals surface area (Å²) in [5, 5.41) is 0. The van der Waals surface area contributed by atoms with Crippen molar-refractivity contribution in [1.82, 2.24) is 9.80 Å². The van der Waals surface area contributed by atoms with Crippen molar-refractivity contribution in [3.8, 4) is 0 Å². The second kappa shape index (κ2) is 10.7. The first-order chi connectivity index (χ1) is 16.7. The Balaban J connectivity index is 1.31. The number of carbonyl (C=O) groups is 3. The molecule has 4 rings (SSSR count). The van der Waals surface area contributed by atoms with Gasteiger partial charge in [0.25, 0.3) is 11.8 Å².